The molecule has 3 nitrogen and oxygen atoms in total. The van der Waals surface area contributed by atoms with Gasteiger partial charge < -0.3 is 4.42 Å². The minimum absolute atomic E-state index is 0.911. The Labute approximate surface area is 253 Å². The third kappa shape index (κ3) is 3.18. The van der Waals surface area contributed by atoms with E-state index in [1.54, 1.807) is 0 Å². The Morgan fingerprint density at radius 3 is 2.11 bits per heavy atom. The van der Waals surface area contributed by atoms with Gasteiger partial charge in [-0.2, -0.15) is 0 Å². The standard InChI is InChI=1S/C41H24N2O/c1-2-12-28(13-3-1)43-35-18-6-5-17-34(35)42-41(43)27-22-20-25(21-23-27)32-24-33-29-15-8-10-26-11-9-16-31(37(26)29)38(33)39-30-14-4-7-19-36(30)44-40(32)39/h1-24H. The van der Waals surface area contributed by atoms with E-state index in [0.717, 1.165) is 55.8 Å². The van der Waals surface area contributed by atoms with E-state index in [-0.39, 0.29) is 0 Å². The van der Waals surface area contributed by atoms with Crippen LogP contribution < -0.4 is 0 Å². The van der Waals surface area contributed by atoms with Crippen molar-refractivity contribution in [2.75, 3.05) is 0 Å². The Bertz CT molecular complexity index is 2580. The molecule has 0 fully saturated rings. The van der Waals surface area contributed by atoms with Gasteiger partial charge in [-0.1, -0.05) is 109 Å². The minimum Gasteiger partial charge on any atom is -0.455 e. The zero-order chi connectivity index (χ0) is 28.8. The fourth-order valence-corrected chi connectivity index (χ4v) is 7.24. The van der Waals surface area contributed by atoms with Crippen LogP contribution in [0.2, 0.25) is 0 Å². The summed E-state index contributed by atoms with van der Waals surface area (Å²) in [6, 6.07) is 51.6. The van der Waals surface area contributed by atoms with Crippen LogP contribution in [0.25, 0.3) is 94.2 Å². The van der Waals surface area contributed by atoms with Crippen LogP contribution in [0.3, 0.4) is 0 Å². The van der Waals surface area contributed by atoms with Gasteiger partial charge in [-0.05, 0) is 69.4 Å². The summed E-state index contributed by atoms with van der Waals surface area (Å²) >= 11 is 0. The summed E-state index contributed by atoms with van der Waals surface area (Å²) in [6.07, 6.45) is 0. The Hall–Kier alpha value is -5.93. The van der Waals surface area contributed by atoms with Gasteiger partial charge in [0.25, 0.3) is 0 Å². The highest BCUT2D eigenvalue weighted by molar-refractivity contribution is 6.27. The van der Waals surface area contributed by atoms with E-state index in [0.29, 0.717) is 0 Å². The van der Waals surface area contributed by atoms with E-state index in [1.165, 1.54) is 38.4 Å². The molecule has 1 aliphatic rings. The molecule has 0 saturated heterocycles. The molecule has 9 aromatic rings. The molecule has 2 aromatic heterocycles. The number of nitrogens with zero attached hydrogens (tertiary/aromatic N) is 2. The van der Waals surface area contributed by atoms with Gasteiger partial charge in [-0.25, -0.2) is 4.98 Å². The van der Waals surface area contributed by atoms with Crippen molar-refractivity contribution in [2.45, 2.75) is 0 Å². The number of imidazole rings is 1. The van der Waals surface area contributed by atoms with E-state index < -0.39 is 0 Å². The summed E-state index contributed by atoms with van der Waals surface area (Å²) in [5, 5.41) is 4.93. The second kappa shape index (κ2) is 8.79. The summed E-state index contributed by atoms with van der Waals surface area (Å²) in [4.78, 5) is 5.08. The van der Waals surface area contributed by atoms with Crippen LogP contribution in [-0.4, -0.2) is 9.55 Å². The van der Waals surface area contributed by atoms with Gasteiger partial charge in [0.1, 0.15) is 17.0 Å². The van der Waals surface area contributed by atoms with Crippen LogP contribution in [0, 0.1) is 0 Å². The van der Waals surface area contributed by atoms with Gasteiger partial charge >= 0.3 is 0 Å². The summed E-state index contributed by atoms with van der Waals surface area (Å²) in [5.41, 5.74) is 13.4. The fraction of sp³-hybridized carbons (Fsp3) is 0. The average Bonchev–Trinajstić information content (AvgIpc) is 3.76. The molecule has 44 heavy (non-hydrogen) atoms. The Kier molecular flexibility index (Phi) is 4.72. The van der Waals surface area contributed by atoms with Crippen molar-refractivity contribution in [2.24, 2.45) is 0 Å². The van der Waals surface area contributed by atoms with Crippen molar-refractivity contribution in [3.05, 3.63) is 146 Å². The first-order chi connectivity index (χ1) is 21.8. The highest BCUT2D eigenvalue weighted by Gasteiger charge is 2.28. The smallest absolute Gasteiger partial charge is 0.145 e. The first-order valence-corrected chi connectivity index (χ1v) is 15.0. The van der Waals surface area contributed by atoms with Crippen molar-refractivity contribution in [1.29, 1.82) is 0 Å². The number of aromatic nitrogens is 2. The van der Waals surface area contributed by atoms with E-state index in [4.69, 9.17) is 9.40 Å². The third-order valence-electron chi connectivity index (χ3n) is 9.14. The molecule has 1 aliphatic carbocycles. The second-order valence-electron chi connectivity index (χ2n) is 11.5. The van der Waals surface area contributed by atoms with Crippen LogP contribution >= 0.6 is 0 Å². The molecular formula is C41H24N2O. The van der Waals surface area contributed by atoms with E-state index in [2.05, 4.69) is 132 Å². The molecule has 204 valence electrons. The Morgan fingerprint density at radius 1 is 0.523 bits per heavy atom. The van der Waals surface area contributed by atoms with Gasteiger partial charge in [-0.15, -0.1) is 0 Å². The first-order valence-electron chi connectivity index (χ1n) is 15.0. The van der Waals surface area contributed by atoms with Crippen molar-refractivity contribution in [1.82, 2.24) is 9.55 Å². The number of hydrogen-bond donors (Lipinski definition) is 0. The first kappa shape index (κ1) is 23.6. The number of rotatable bonds is 3. The van der Waals surface area contributed by atoms with Crippen LogP contribution in [0.4, 0.5) is 0 Å². The van der Waals surface area contributed by atoms with Crippen molar-refractivity contribution in [3.63, 3.8) is 0 Å². The minimum atomic E-state index is 0.911. The monoisotopic (exact) mass is 560 g/mol. The van der Waals surface area contributed by atoms with E-state index in [9.17, 15) is 0 Å². The van der Waals surface area contributed by atoms with Gasteiger partial charge in [0.05, 0.1) is 11.0 Å². The normalized spacial score (nSPS) is 12.1. The maximum Gasteiger partial charge on any atom is 0.145 e. The predicted molar refractivity (Wildman–Crippen MR) is 181 cm³/mol. The molecule has 0 unspecified atom stereocenters. The van der Waals surface area contributed by atoms with Gasteiger partial charge in [-0.3, -0.25) is 4.57 Å². The van der Waals surface area contributed by atoms with Gasteiger partial charge in [0.2, 0.25) is 0 Å². The Balaban J connectivity index is 1.21. The quantitative estimate of drug-likeness (QED) is 0.215. The number of benzene rings is 7. The maximum absolute atomic E-state index is 6.67. The van der Waals surface area contributed by atoms with Crippen LogP contribution in [-0.2, 0) is 0 Å². The van der Waals surface area contributed by atoms with Crippen molar-refractivity contribution < 1.29 is 4.42 Å². The molecule has 7 aromatic carbocycles. The highest BCUT2D eigenvalue weighted by atomic mass is 16.3. The summed E-state index contributed by atoms with van der Waals surface area (Å²) < 4.78 is 8.92. The fourth-order valence-electron chi connectivity index (χ4n) is 7.24. The van der Waals surface area contributed by atoms with Gasteiger partial charge in [0, 0.05) is 33.2 Å². The summed E-state index contributed by atoms with van der Waals surface area (Å²) in [6.45, 7) is 0. The largest absolute Gasteiger partial charge is 0.455 e. The second-order valence-corrected chi connectivity index (χ2v) is 11.5. The molecule has 2 heterocycles. The van der Waals surface area contributed by atoms with E-state index >= 15 is 0 Å². The van der Waals surface area contributed by atoms with Crippen LogP contribution in [0.5, 0.6) is 0 Å². The number of hydrogen-bond acceptors (Lipinski definition) is 2. The highest BCUT2D eigenvalue weighted by Crippen LogP contribution is 2.54. The number of para-hydroxylation sites is 4. The van der Waals surface area contributed by atoms with Crippen molar-refractivity contribution in [3.8, 4) is 50.5 Å². The lowest BCUT2D eigenvalue weighted by atomic mass is 9.92. The lowest BCUT2D eigenvalue weighted by Crippen LogP contribution is -1.97. The summed E-state index contributed by atoms with van der Waals surface area (Å²) in [7, 11) is 0. The number of furan rings is 1. The molecule has 0 radical (unpaired) electrons. The zero-order valence-corrected chi connectivity index (χ0v) is 23.7. The van der Waals surface area contributed by atoms with Crippen LogP contribution in [0.1, 0.15) is 0 Å². The third-order valence-corrected chi connectivity index (χ3v) is 9.14. The summed E-state index contributed by atoms with van der Waals surface area (Å²) in [5.74, 6) is 0.925. The topological polar surface area (TPSA) is 31.0 Å². The van der Waals surface area contributed by atoms with Crippen LogP contribution in [0.15, 0.2) is 150 Å². The van der Waals surface area contributed by atoms with Crippen molar-refractivity contribution >= 4 is 43.7 Å². The molecular weight excluding hydrogens is 536 g/mol. The lowest BCUT2D eigenvalue weighted by molar-refractivity contribution is 0.670. The van der Waals surface area contributed by atoms with Gasteiger partial charge in [0.15, 0.2) is 0 Å². The Morgan fingerprint density at radius 2 is 1.25 bits per heavy atom. The molecule has 0 saturated carbocycles. The molecule has 0 N–H and O–H groups in total. The predicted octanol–water partition coefficient (Wildman–Crippen LogP) is 11.1. The molecule has 0 bridgehead atoms. The molecule has 0 aliphatic heterocycles. The molecule has 3 heteroatoms. The number of fused-ring (bicyclic) bond motifs is 8. The molecule has 0 spiro atoms. The maximum atomic E-state index is 6.67. The van der Waals surface area contributed by atoms with E-state index in [1.807, 2.05) is 18.2 Å². The average molecular weight is 561 g/mol. The lowest BCUT2D eigenvalue weighted by Gasteiger charge is -2.12. The molecule has 10 rings (SSSR count). The SMILES string of the molecule is c1ccc(-n2c(-c3ccc(-c4cc5c(c6c4oc4ccccc46)-c4cccc6cccc-5c46)cc3)nc3ccccc32)cc1. The zero-order valence-electron chi connectivity index (χ0n) is 23.7. The molecule has 0 atom stereocenters. The molecule has 0 amide bonds.